The van der Waals surface area contributed by atoms with Crippen molar-refractivity contribution in [3.8, 4) is 0 Å². The Morgan fingerprint density at radius 3 is 2.56 bits per heavy atom. The molecule has 7 heteroatoms. The lowest BCUT2D eigenvalue weighted by molar-refractivity contribution is -0.385. The van der Waals surface area contributed by atoms with Gasteiger partial charge in [-0.1, -0.05) is 0 Å². The second-order valence-corrected chi connectivity index (χ2v) is 4.19. The predicted octanol–water partition coefficient (Wildman–Crippen LogP) is 2.01. The average Bonchev–Trinajstić information content (AvgIpc) is 3.12. The van der Waals surface area contributed by atoms with Crippen molar-refractivity contribution in [1.29, 1.82) is 0 Å². The van der Waals surface area contributed by atoms with Gasteiger partial charge in [-0.2, -0.15) is 0 Å². The summed E-state index contributed by atoms with van der Waals surface area (Å²) in [5.74, 6) is -3.00. The number of amides is 1. The molecule has 1 aromatic rings. The zero-order valence-corrected chi connectivity index (χ0v) is 9.28. The summed E-state index contributed by atoms with van der Waals surface area (Å²) in [5, 5.41) is 13.1. The largest absolute Gasteiger partial charge is 0.352 e. The number of halogens is 2. The van der Waals surface area contributed by atoms with Crippen LogP contribution in [0.1, 0.15) is 23.2 Å². The van der Waals surface area contributed by atoms with Gasteiger partial charge in [0.1, 0.15) is 5.56 Å². The van der Waals surface area contributed by atoms with Crippen LogP contribution in [0, 0.1) is 27.7 Å². The molecule has 0 aromatic heterocycles. The Balaban J connectivity index is 2.25. The van der Waals surface area contributed by atoms with E-state index in [0.29, 0.717) is 24.6 Å². The molecule has 1 aliphatic carbocycles. The smallest absolute Gasteiger partial charge is 0.285 e. The monoisotopic (exact) mass is 256 g/mol. The van der Waals surface area contributed by atoms with E-state index in [2.05, 4.69) is 5.32 Å². The topological polar surface area (TPSA) is 72.2 Å². The first-order valence-corrected chi connectivity index (χ1v) is 5.40. The Bertz CT molecular complexity index is 515. The summed E-state index contributed by atoms with van der Waals surface area (Å²) in [6, 6.07) is 0.969. The van der Waals surface area contributed by atoms with Crippen LogP contribution in [-0.2, 0) is 0 Å². The van der Waals surface area contributed by atoms with Gasteiger partial charge in [-0.05, 0) is 24.8 Å². The molecule has 1 amide bonds. The second kappa shape index (κ2) is 4.67. The lowest BCUT2D eigenvalue weighted by Gasteiger charge is -2.05. The van der Waals surface area contributed by atoms with Crippen LogP contribution in [0.3, 0.4) is 0 Å². The normalized spacial score (nSPS) is 14.3. The number of nitro benzene ring substituents is 1. The molecule has 1 fully saturated rings. The highest BCUT2D eigenvalue weighted by Crippen LogP contribution is 2.28. The van der Waals surface area contributed by atoms with E-state index in [-0.39, 0.29) is 0 Å². The van der Waals surface area contributed by atoms with Crippen molar-refractivity contribution in [1.82, 2.24) is 5.32 Å². The van der Waals surface area contributed by atoms with Gasteiger partial charge in [-0.15, -0.1) is 0 Å². The van der Waals surface area contributed by atoms with Gasteiger partial charge < -0.3 is 5.32 Å². The minimum Gasteiger partial charge on any atom is -0.352 e. The van der Waals surface area contributed by atoms with Gasteiger partial charge in [0, 0.05) is 6.54 Å². The van der Waals surface area contributed by atoms with E-state index in [4.69, 9.17) is 0 Å². The van der Waals surface area contributed by atoms with E-state index < -0.39 is 33.7 Å². The van der Waals surface area contributed by atoms with Gasteiger partial charge in [0.2, 0.25) is 0 Å². The van der Waals surface area contributed by atoms with E-state index in [1.54, 1.807) is 0 Å². The van der Waals surface area contributed by atoms with Crippen molar-refractivity contribution in [2.45, 2.75) is 12.8 Å². The van der Waals surface area contributed by atoms with Crippen LogP contribution in [0.25, 0.3) is 0 Å². The molecule has 5 nitrogen and oxygen atoms in total. The Kier molecular flexibility index (Phi) is 3.22. The summed E-state index contributed by atoms with van der Waals surface area (Å²) in [6.45, 7) is 0.398. The van der Waals surface area contributed by atoms with Gasteiger partial charge in [-0.25, -0.2) is 8.78 Å². The minimum atomic E-state index is -1.35. The number of carbonyl (C=O) groups excluding carboxylic acids is 1. The van der Waals surface area contributed by atoms with Gasteiger partial charge in [0.05, 0.1) is 11.0 Å². The lowest BCUT2D eigenvalue weighted by atomic mass is 10.1. The fraction of sp³-hybridized carbons (Fsp3) is 0.364. The molecule has 0 unspecified atom stereocenters. The molecule has 0 bridgehead atoms. The van der Waals surface area contributed by atoms with E-state index in [1.807, 2.05) is 0 Å². The molecule has 1 aromatic carbocycles. The highest BCUT2D eigenvalue weighted by Gasteiger charge is 2.26. The lowest BCUT2D eigenvalue weighted by Crippen LogP contribution is -2.26. The van der Waals surface area contributed by atoms with Gasteiger partial charge in [0.15, 0.2) is 11.6 Å². The molecule has 18 heavy (non-hydrogen) atoms. The maximum Gasteiger partial charge on any atom is 0.285 e. The number of benzene rings is 1. The first-order chi connectivity index (χ1) is 8.49. The van der Waals surface area contributed by atoms with Crippen molar-refractivity contribution in [3.05, 3.63) is 39.4 Å². The SMILES string of the molecule is O=C(NCC1CC1)c1cc(F)c(F)cc1[N+](=O)[O-]. The molecule has 0 radical (unpaired) electrons. The number of nitrogens with zero attached hydrogens (tertiary/aromatic N) is 1. The van der Waals surface area contributed by atoms with E-state index in [9.17, 15) is 23.7 Å². The fourth-order valence-electron chi connectivity index (χ4n) is 1.52. The van der Waals surface area contributed by atoms with Crippen LogP contribution >= 0.6 is 0 Å². The zero-order valence-electron chi connectivity index (χ0n) is 9.28. The molecule has 96 valence electrons. The second-order valence-electron chi connectivity index (χ2n) is 4.19. The standard InChI is InChI=1S/C11H10F2N2O3/c12-8-3-7(10(15(17)18)4-9(8)13)11(16)14-5-6-1-2-6/h3-4,6H,1-2,5H2,(H,14,16). The van der Waals surface area contributed by atoms with Crippen LogP contribution in [0.5, 0.6) is 0 Å². The first-order valence-electron chi connectivity index (χ1n) is 5.40. The summed E-state index contributed by atoms with van der Waals surface area (Å²) in [6.07, 6.45) is 2.00. The number of hydrogen-bond acceptors (Lipinski definition) is 3. The fourth-order valence-corrected chi connectivity index (χ4v) is 1.52. The molecule has 1 aliphatic rings. The third kappa shape index (κ3) is 2.61. The van der Waals surface area contributed by atoms with Gasteiger partial charge >= 0.3 is 0 Å². The van der Waals surface area contributed by atoms with Gasteiger partial charge in [-0.3, -0.25) is 14.9 Å². The summed E-state index contributed by atoms with van der Waals surface area (Å²) < 4.78 is 25.9. The zero-order chi connectivity index (χ0) is 13.3. The molecule has 1 N–H and O–H groups in total. The molecule has 0 saturated heterocycles. The van der Waals surface area contributed by atoms with Crippen molar-refractivity contribution >= 4 is 11.6 Å². The number of rotatable bonds is 4. The summed E-state index contributed by atoms with van der Waals surface area (Å²) in [5.41, 5.74) is -1.19. The molecule has 0 spiro atoms. The molecule has 2 rings (SSSR count). The molecule has 1 saturated carbocycles. The Labute approximate surface area is 101 Å². The highest BCUT2D eigenvalue weighted by atomic mass is 19.2. The molecular formula is C11H10F2N2O3. The Morgan fingerprint density at radius 2 is 2.00 bits per heavy atom. The maximum atomic E-state index is 13.0. The third-order valence-corrected chi connectivity index (χ3v) is 2.73. The van der Waals surface area contributed by atoms with Crippen LogP contribution in [-0.4, -0.2) is 17.4 Å². The quantitative estimate of drug-likeness (QED) is 0.661. The Hall–Kier alpha value is -2.05. The number of nitrogens with one attached hydrogen (secondary N) is 1. The highest BCUT2D eigenvalue weighted by molar-refractivity contribution is 5.98. The third-order valence-electron chi connectivity index (χ3n) is 2.73. The summed E-state index contributed by atoms with van der Waals surface area (Å²) in [4.78, 5) is 21.4. The predicted molar refractivity (Wildman–Crippen MR) is 58.1 cm³/mol. The first kappa shape index (κ1) is 12.4. The Morgan fingerprint density at radius 1 is 1.39 bits per heavy atom. The minimum absolute atomic E-state index is 0.387. The summed E-state index contributed by atoms with van der Waals surface area (Å²) >= 11 is 0. The van der Waals surface area contributed by atoms with Crippen molar-refractivity contribution in [3.63, 3.8) is 0 Å². The van der Waals surface area contributed by atoms with Crippen molar-refractivity contribution < 1.29 is 18.5 Å². The number of nitro groups is 1. The average molecular weight is 256 g/mol. The summed E-state index contributed by atoms with van der Waals surface area (Å²) in [7, 11) is 0. The van der Waals surface area contributed by atoms with Crippen molar-refractivity contribution in [2.24, 2.45) is 5.92 Å². The number of carbonyl (C=O) groups is 1. The van der Waals surface area contributed by atoms with E-state index >= 15 is 0 Å². The van der Waals surface area contributed by atoms with Gasteiger partial charge in [0.25, 0.3) is 11.6 Å². The molecule has 0 heterocycles. The maximum absolute atomic E-state index is 13.0. The van der Waals surface area contributed by atoms with Crippen LogP contribution in [0.4, 0.5) is 14.5 Å². The van der Waals surface area contributed by atoms with E-state index in [1.165, 1.54) is 0 Å². The van der Waals surface area contributed by atoms with Crippen molar-refractivity contribution in [2.75, 3.05) is 6.54 Å². The van der Waals surface area contributed by atoms with E-state index in [0.717, 1.165) is 12.8 Å². The number of hydrogen-bond donors (Lipinski definition) is 1. The van der Waals surface area contributed by atoms with Crippen LogP contribution < -0.4 is 5.32 Å². The van der Waals surface area contributed by atoms with Crippen LogP contribution in [0.2, 0.25) is 0 Å². The van der Waals surface area contributed by atoms with Crippen LogP contribution in [0.15, 0.2) is 12.1 Å². The molecule has 0 atom stereocenters. The molecular weight excluding hydrogens is 246 g/mol. The molecule has 0 aliphatic heterocycles.